The summed E-state index contributed by atoms with van der Waals surface area (Å²) in [6, 6.07) is 6.48. The van der Waals surface area contributed by atoms with Gasteiger partial charge in [-0.3, -0.25) is 4.79 Å². The molecule has 0 aromatic heterocycles. The van der Waals surface area contributed by atoms with Gasteiger partial charge in [0.1, 0.15) is 0 Å². The normalized spacial score (nSPS) is 16.4. The first kappa shape index (κ1) is 11.2. The zero-order valence-corrected chi connectivity index (χ0v) is 10.3. The van der Waals surface area contributed by atoms with Crippen molar-refractivity contribution in [3.8, 4) is 0 Å². The van der Waals surface area contributed by atoms with Gasteiger partial charge in [-0.2, -0.15) is 0 Å². The lowest BCUT2D eigenvalue weighted by atomic mass is 10.0. The lowest BCUT2D eigenvalue weighted by Crippen LogP contribution is -2.33. The number of amides is 1. The van der Waals surface area contributed by atoms with Crippen molar-refractivity contribution in [2.45, 2.75) is 46.2 Å². The fourth-order valence-electron chi connectivity index (χ4n) is 2.49. The maximum atomic E-state index is 12.3. The predicted octanol–water partition coefficient (Wildman–Crippen LogP) is 3.14. The first-order valence-corrected chi connectivity index (χ1v) is 6.04. The van der Waals surface area contributed by atoms with Crippen LogP contribution < -0.4 is 0 Å². The maximum absolute atomic E-state index is 12.3. The van der Waals surface area contributed by atoms with Crippen LogP contribution in [0.5, 0.6) is 0 Å². The minimum atomic E-state index is 0.217. The van der Waals surface area contributed by atoms with E-state index in [1.54, 1.807) is 0 Å². The molecule has 2 nitrogen and oxygen atoms in total. The average Bonchev–Trinajstić information content (AvgIpc) is 2.58. The SMILES string of the molecule is CCCC(C)N1Cc2cccc(C)c2C1=O. The number of carbonyl (C=O) groups excluding carboxylic acids is 1. The summed E-state index contributed by atoms with van der Waals surface area (Å²) in [5.74, 6) is 0.217. The average molecular weight is 217 g/mol. The van der Waals surface area contributed by atoms with Crippen molar-refractivity contribution >= 4 is 5.91 Å². The molecule has 0 saturated carbocycles. The van der Waals surface area contributed by atoms with E-state index >= 15 is 0 Å². The monoisotopic (exact) mass is 217 g/mol. The van der Waals surface area contributed by atoms with E-state index in [0.29, 0.717) is 6.04 Å². The van der Waals surface area contributed by atoms with Gasteiger partial charge in [-0.05, 0) is 31.4 Å². The summed E-state index contributed by atoms with van der Waals surface area (Å²) in [7, 11) is 0. The van der Waals surface area contributed by atoms with Crippen molar-refractivity contribution in [2.24, 2.45) is 0 Å². The highest BCUT2D eigenvalue weighted by atomic mass is 16.2. The molecule has 1 amide bonds. The van der Waals surface area contributed by atoms with Gasteiger partial charge in [0.05, 0.1) is 0 Å². The van der Waals surface area contributed by atoms with Crippen molar-refractivity contribution < 1.29 is 4.79 Å². The number of fused-ring (bicyclic) bond motifs is 1. The molecule has 1 heterocycles. The summed E-state index contributed by atoms with van der Waals surface area (Å²) in [5, 5.41) is 0. The van der Waals surface area contributed by atoms with E-state index in [4.69, 9.17) is 0 Å². The maximum Gasteiger partial charge on any atom is 0.255 e. The van der Waals surface area contributed by atoms with Crippen LogP contribution in [-0.4, -0.2) is 16.8 Å². The highest BCUT2D eigenvalue weighted by Gasteiger charge is 2.31. The van der Waals surface area contributed by atoms with E-state index in [0.717, 1.165) is 30.5 Å². The van der Waals surface area contributed by atoms with Crippen LogP contribution in [0.2, 0.25) is 0 Å². The molecule has 16 heavy (non-hydrogen) atoms. The van der Waals surface area contributed by atoms with Gasteiger partial charge in [0.25, 0.3) is 5.91 Å². The van der Waals surface area contributed by atoms with Crippen LogP contribution in [-0.2, 0) is 6.54 Å². The van der Waals surface area contributed by atoms with E-state index in [1.807, 2.05) is 24.0 Å². The highest BCUT2D eigenvalue weighted by Crippen LogP contribution is 2.28. The molecule has 1 atom stereocenters. The van der Waals surface area contributed by atoms with Gasteiger partial charge in [0, 0.05) is 18.2 Å². The quantitative estimate of drug-likeness (QED) is 0.761. The fourth-order valence-corrected chi connectivity index (χ4v) is 2.49. The molecule has 2 heteroatoms. The summed E-state index contributed by atoms with van der Waals surface area (Å²) in [6.45, 7) is 7.11. The van der Waals surface area contributed by atoms with Crippen LogP contribution in [0, 0.1) is 6.92 Å². The second-order valence-electron chi connectivity index (χ2n) is 4.68. The molecule has 0 fully saturated rings. The van der Waals surface area contributed by atoms with Crippen molar-refractivity contribution in [1.82, 2.24) is 4.90 Å². The van der Waals surface area contributed by atoms with Crippen LogP contribution >= 0.6 is 0 Å². The van der Waals surface area contributed by atoms with Crippen LogP contribution in [0.3, 0.4) is 0 Å². The van der Waals surface area contributed by atoms with E-state index in [9.17, 15) is 4.79 Å². The first-order valence-electron chi connectivity index (χ1n) is 6.04. The Morgan fingerprint density at radius 1 is 1.44 bits per heavy atom. The van der Waals surface area contributed by atoms with Gasteiger partial charge >= 0.3 is 0 Å². The zero-order valence-electron chi connectivity index (χ0n) is 10.3. The Bertz CT molecular complexity index is 411. The molecule has 0 spiro atoms. The van der Waals surface area contributed by atoms with Gasteiger partial charge in [0.15, 0.2) is 0 Å². The Labute approximate surface area is 97.3 Å². The van der Waals surface area contributed by atoms with E-state index in [1.165, 1.54) is 5.56 Å². The molecule has 86 valence electrons. The van der Waals surface area contributed by atoms with Crippen LogP contribution in [0.15, 0.2) is 18.2 Å². The minimum Gasteiger partial charge on any atom is -0.332 e. The molecular formula is C14H19NO. The van der Waals surface area contributed by atoms with Crippen LogP contribution in [0.25, 0.3) is 0 Å². The van der Waals surface area contributed by atoms with E-state index in [-0.39, 0.29) is 5.91 Å². The number of nitrogens with zero attached hydrogens (tertiary/aromatic N) is 1. The topological polar surface area (TPSA) is 20.3 Å². The Kier molecular flexibility index (Phi) is 2.99. The van der Waals surface area contributed by atoms with E-state index < -0.39 is 0 Å². The number of carbonyl (C=O) groups is 1. The molecule has 1 aromatic carbocycles. The number of aryl methyl sites for hydroxylation is 1. The van der Waals surface area contributed by atoms with Crippen LogP contribution in [0.4, 0.5) is 0 Å². The summed E-state index contributed by atoms with van der Waals surface area (Å²) in [6.07, 6.45) is 2.21. The predicted molar refractivity (Wildman–Crippen MR) is 65.4 cm³/mol. The lowest BCUT2D eigenvalue weighted by molar-refractivity contribution is 0.0708. The Balaban J connectivity index is 2.28. The molecule has 0 bridgehead atoms. The molecule has 0 N–H and O–H groups in total. The van der Waals surface area contributed by atoms with Gasteiger partial charge in [-0.15, -0.1) is 0 Å². The number of benzene rings is 1. The molecule has 1 aliphatic heterocycles. The smallest absolute Gasteiger partial charge is 0.255 e. The Morgan fingerprint density at radius 2 is 2.19 bits per heavy atom. The molecule has 0 radical (unpaired) electrons. The van der Waals surface area contributed by atoms with Gasteiger partial charge in [-0.25, -0.2) is 0 Å². The third kappa shape index (κ3) is 1.73. The Morgan fingerprint density at radius 3 is 2.81 bits per heavy atom. The molecule has 1 aliphatic rings. The number of hydrogen-bond donors (Lipinski definition) is 0. The highest BCUT2D eigenvalue weighted by molar-refractivity contribution is 5.99. The van der Waals surface area contributed by atoms with Crippen molar-refractivity contribution in [3.05, 3.63) is 34.9 Å². The molecule has 2 rings (SSSR count). The van der Waals surface area contributed by atoms with Crippen LogP contribution in [0.1, 0.15) is 48.2 Å². The lowest BCUT2D eigenvalue weighted by Gasteiger charge is -2.23. The second kappa shape index (κ2) is 4.28. The minimum absolute atomic E-state index is 0.217. The van der Waals surface area contributed by atoms with E-state index in [2.05, 4.69) is 19.9 Å². The molecule has 1 aromatic rings. The summed E-state index contributed by atoms with van der Waals surface area (Å²) < 4.78 is 0. The van der Waals surface area contributed by atoms with Gasteiger partial charge in [0.2, 0.25) is 0 Å². The van der Waals surface area contributed by atoms with Crippen molar-refractivity contribution in [1.29, 1.82) is 0 Å². The molecule has 0 saturated heterocycles. The standard InChI is InChI=1S/C14H19NO/c1-4-6-11(3)15-9-12-8-5-7-10(2)13(12)14(15)16/h5,7-8,11H,4,6,9H2,1-3H3. The molecule has 0 aliphatic carbocycles. The number of rotatable bonds is 3. The number of hydrogen-bond acceptors (Lipinski definition) is 1. The fraction of sp³-hybridized carbons (Fsp3) is 0.500. The third-order valence-corrected chi connectivity index (χ3v) is 3.41. The molecular weight excluding hydrogens is 198 g/mol. The third-order valence-electron chi connectivity index (χ3n) is 3.41. The van der Waals surface area contributed by atoms with Gasteiger partial charge < -0.3 is 4.90 Å². The summed E-state index contributed by atoms with van der Waals surface area (Å²) in [5.41, 5.74) is 3.23. The van der Waals surface area contributed by atoms with Crippen molar-refractivity contribution in [3.63, 3.8) is 0 Å². The summed E-state index contributed by atoms with van der Waals surface area (Å²) >= 11 is 0. The summed E-state index contributed by atoms with van der Waals surface area (Å²) in [4.78, 5) is 14.3. The largest absolute Gasteiger partial charge is 0.332 e. The Hall–Kier alpha value is -1.31. The van der Waals surface area contributed by atoms with Crippen molar-refractivity contribution in [2.75, 3.05) is 0 Å². The zero-order chi connectivity index (χ0) is 11.7. The second-order valence-corrected chi connectivity index (χ2v) is 4.68. The first-order chi connectivity index (χ1) is 7.65. The van der Waals surface area contributed by atoms with Gasteiger partial charge in [-0.1, -0.05) is 31.5 Å². The molecule has 1 unspecified atom stereocenters.